The molecule has 3 rings (SSSR count). The summed E-state index contributed by atoms with van der Waals surface area (Å²) in [7, 11) is 0. The number of nitro groups is 1. The van der Waals surface area contributed by atoms with Gasteiger partial charge in [-0.05, 0) is 23.8 Å². The van der Waals surface area contributed by atoms with Crippen molar-refractivity contribution in [2.75, 3.05) is 6.79 Å². The molecular formula is C14H10ClNO5. The topological polar surface area (TPSA) is 70.8 Å². The van der Waals surface area contributed by atoms with Crippen molar-refractivity contribution in [2.24, 2.45) is 0 Å². The smallest absolute Gasteiger partial charge is 0.288 e. The molecule has 2 aromatic rings. The molecule has 2 aromatic carbocycles. The number of fused-ring (bicyclic) bond motifs is 1. The van der Waals surface area contributed by atoms with Crippen LogP contribution in [0.2, 0.25) is 5.02 Å². The monoisotopic (exact) mass is 307 g/mol. The summed E-state index contributed by atoms with van der Waals surface area (Å²) in [6.45, 7) is 0.389. The van der Waals surface area contributed by atoms with Crippen LogP contribution in [-0.4, -0.2) is 11.7 Å². The maximum Gasteiger partial charge on any atom is 0.288 e. The van der Waals surface area contributed by atoms with Crippen LogP contribution in [0.4, 0.5) is 5.69 Å². The molecule has 108 valence electrons. The van der Waals surface area contributed by atoms with Gasteiger partial charge in [0.25, 0.3) is 5.69 Å². The van der Waals surface area contributed by atoms with Crippen LogP contribution in [0.5, 0.6) is 17.2 Å². The van der Waals surface area contributed by atoms with Crippen LogP contribution >= 0.6 is 11.6 Å². The summed E-state index contributed by atoms with van der Waals surface area (Å²) in [5, 5.41) is 10.9. The Morgan fingerprint density at radius 2 is 2.00 bits per heavy atom. The Labute approximate surface area is 125 Å². The lowest BCUT2D eigenvalue weighted by Crippen LogP contribution is -1.97. The molecule has 0 saturated heterocycles. The summed E-state index contributed by atoms with van der Waals surface area (Å²) in [6, 6.07) is 9.78. The van der Waals surface area contributed by atoms with Gasteiger partial charge in [0.05, 0.1) is 4.92 Å². The first-order chi connectivity index (χ1) is 10.1. The fourth-order valence-corrected chi connectivity index (χ4v) is 2.11. The molecule has 1 aliphatic rings. The first-order valence-corrected chi connectivity index (χ1v) is 6.46. The number of rotatable bonds is 4. The maximum absolute atomic E-state index is 10.8. The molecule has 7 heteroatoms. The number of nitrogens with zero attached hydrogens (tertiary/aromatic N) is 1. The highest BCUT2D eigenvalue weighted by Gasteiger charge is 2.15. The molecule has 0 aliphatic carbocycles. The Balaban J connectivity index is 1.73. The molecule has 0 unspecified atom stereocenters. The summed E-state index contributed by atoms with van der Waals surface area (Å²) < 4.78 is 16.0. The van der Waals surface area contributed by atoms with E-state index in [0.717, 1.165) is 0 Å². The Bertz CT molecular complexity index is 704. The highest BCUT2D eigenvalue weighted by Crippen LogP contribution is 2.35. The highest BCUT2D eigenvalue weighted by atomic mass is 35.5. The summed E-state index contributed by atoms with van der Waals surface area (Å²) in [5.41, 5.74) is 0.521. The van der Waals surface area contributed by atoms with Crippen LogP contribution in [-0.2, 0) is 6.61 Å². The van der Waals surface area contributed by atoms with E-state index in [0.29, 0.717) is 22.8 Å². The molecule has 1 aliphatic heterocycles. The van der Waals surface area contributed by atoms with Crippen LogP contribution in [0.3, 0.4) is 0 Å². The number of hydrogen-bond acceptors (Lipinski definition) is 5. The minimum absolute atomic E-state index is 0.104. The van der Waals surface area contributed by atoms with Crippen molar-refractivity contribution in [3.8, 4) is 17.2 Å². The minimum Gasteiger partial charge on any atom is -0.489 e. The Kier molecular flexibility index (Phi) is 3.53. The molecule has 0 saturated carbocycles. The van der Waals surface area contributed by atoms with Crippen molar-refractivity contribution >= 4 is 17.3 Å². The standard InChI is InChI=1S/C14H10ClNO5/c15-11-3-1-9(5-12(11)16(17)18)7-19-10-2-4-13-14(6-10)21-8-20-13/h1-6H,7-8H2. The molecule has 0 N–H and O–H groups in total. The fraction of sp³-hybridized carbons (Fsp3) is 0.143. The van der Waals surface area contributed by atoms with E-state index in [1.54, 1.807) is 24.3 Å². The first-order valence-electron chi connectivity index (χ1n) is 6.09. The van der Waals surface area contributed by atoms with Gasteiger partial charge in [-0.3, -0.25) is 10.1 Å². The largest absolute Gasteiger partial charge is 0.489 e. The zero-order chi connectivity index (χ0) is 14.8. The van der Waals surface area contributed by atoms with Crippen LogP contribution < -0.4 is 14.2 Å². The molecule has 0 aromatic heterocycles. The normalized spacial score (nSPS) is 12.2. The van der Waals surface area contributed by atoms with Crippen molar-refractivity contribution in [1.29, 1.82) is 0 Å². The van der Waals surface area contributed by atoms with Gasteiger partial charge in [-0.15, -0.1) is 0 Å². The second-order valence-electron chi connectivity index (χ2n) is 4.35. The van der Waals surface area contributed by atoms with Gasteiger partial charge in [0.2, 0.25) is 6.79 Å². The van der Waals surface area contributed by atoms with E-state index >= 15 is 0 Å². The van der Waals surface area contributed by atoms with Gasteiger partial charge in [-0.1, -0.05) is 17.7 Å². The van der Waals surface area contributed by atoms with E-state index < -0.39 is 4.92 Å². The van der Waals surface area contributed by atoms with Crippen molar-refractivity contribution in [3.05, 3.63) is 57.1 Å². The number of hydrogen-bond donors (Lipinski definition) is 0. The lowest BCUT2D eigenvalue weighted by atomic mass is 10.2. The highest BCUT2D eigenvalue weighted by molar-refractivity contribution is 6.32. The molecule has 0 amide bonds. The van der Waals surface area contributed by atoms with Crippen LogP contribution in [0.25, 0.3) is 0 Å². The van der Waals surface area contributed by atoms with Crippen molar-refractivity contribution in [2.45, 2.75) is 6.61 Å². The Morgan fingerprint density at radius 3 is 2.81 bits per heavy atom. The van der Waals surface area contributed by atoms with E-state index in [-0.39, 0.29) is 24.1 Å². The first kappa shape index (κ1) is 13.5. The van der Waals surface area contributed by atoms with Crippen LogP contribution in [0.15, 0.2) is 36.4 Å². The lowest BCUT2D eigenvalue weighted by molar-refractivity contribution is -0.384. The summed E-state index contributed by atoms with van der Waals surface area (Å²) in [5.74, 6) is 1.89. The predicted molar refractivity (Wildman–Crippen MR) is 75.0 cm³/mol. The molecule has 0 bridgehead atoms. The molecular weight excluding hydrogens is 298 g/mol. The second-order valence-corrected chi connectivity index (χ2v) is 4.75. The predicted octanol–water partition coefficient (Wildman–Crippen LogP) is 3.56. The molecule has 0 radical (unpaired) electrons. The van der Waals surface area contributed by atoms with E-state index in [1.807, 2.05) is 0 Å². The third-order valence-corrected chi connectivity index (χ3v) is 3.28. The molecule has 21 heavy (non-hydrogen) atoms. The molecule has 0 atom stereocenters. The van der Waals surface area contributed by atoms with Crippen molar-refractivity contribution in [1.82, 2.24) is 0 Å². The van der Waals surface area contributed by atoms with E-state index in [1.165, 1.54) is 12.1 Å². The molecule has 6 nitrogen and oxygen atoms in total. The Morgan fingerprint density at radius 1 is 1.19 bits per heavy atom. The summed E-state index contributed by atoms with van der Waals surface area (Å²) in [6.07, 6.45) is 0. The maximum atomic E-state index is 10.8. The fourth-order valence-electron chi connectivity index (χ4n) is 1.92. The van der Waals surface area contributed by atoms with E-state index in [2.05, 4.69) is 0 Å². The quantitative estimate of drug-likeness (QED) is 0.638. The van der Waals surface area contributed by atoms with Gasteiger partial charge in [0.1, 0.15) is 17.4 Å². The summed E-state index contributed by atoms with van der Waals surface area (Å²) >= 11 is 5.76. The molecule has 0 fully saturated rings. The third-order valence-electron chi connectivity index (χ3n) is 2.96. The van der Waals surface area contributed by atoms with Gasteiger partial charge in [0.15, 0.2) is 11.5 Å². The van der Waals surface area contributed by atoms with E-state index in [9.17, 15) is 10.1 Å². The average molecular weight is 308 g/mol. The Hall–Kier alpha value is -2.47. The van der Waals surface area contributed by atoms with Gasteiger partial charge in [0, 0.05) is 12.1 Å². The van der Waals surface area contributed by atoms with Crippen LogP contribution in [0, 0.1) is 10.1 Å². The number of halogens is 1. The zero-order valence-electron chi connectivity index (χ0n) is 10.7. The number of ether oxygens (including phenoxy) is 3. The average Bonchev–Trinajstić information content (AvgIpc) is 2.93. The van der Waals surface area contributed by atoms with Gasteiger partial charge in [-0.2, -0.15) is 0 Å². The molecule has 0 spiro atoms. The van der Waals surface area contributed by atoms with Gasteiger partial charge >= 0.3 is 0 Å². The van der Waals surface area contributed by atoms with Crippen molar-refractivity contribution in [3.63, 3.8) is 0 Å². The van der Waals surface area contributed by atoms with Crippen molar-refractivity contribution < 1.29 is 19.1 Å². The van der Waals surface area contributed by atoms with Gasteiger partial charge < -0.3 is 14.2 Å². The van der Waals surface area contributed by atoms with Gasteiger partial charge in [-0.25, -0.2) is 0 Å². The molecule has 1 heterocycles. The number of benzene rings is 2. The van der Waals surface area contributed by atoms with Crippen LogP contribution in [0.1, 0.15) is 5.56 Å². The second kappa shape index (κ2) is 5.49. The lowest BCUT2D eigenvalue weighted by Gasteiger charge is -2.07. The SMILES string of the molecule is O=[N+]([O-])c1cc(COc2ccc3c(c2)OCO3)ccc1Cl. The van der Waals surface area contributed by atoms with E-state index in [4.69, 9.17) is 25.8 Å². The third kappa shape index (κ3) is 2.85. The number of nitro benzene ring substituents is 1. The summed E-state index contributed by atoms with van der Waals surface area (Å²) in [4.78, 5) is 10.3. The zero-order valence-corrected chi connectivity index (χ0v) is 11.5. The minimum atomic E-state index is -0.521.